The lowest BCUT2D eigenvalue weighted by Crippen LogP contribution is -2.32. The zero-order chi connectivity index (χ0) is 29.8. The summed E-state index contributed by atoms with van der Waals surface area (Å²) in [6, 6.07) is 15.1. The lowest BCUT2D eigenvalue weighted by molar-refractivity contribution is -0.137. The number of carbonyl (C=O) groups is 3. The van der Waals surface area contributed by atoms with E-state index in [1.807, 2.05) is 0 Å². The van der Waals surface area contributed by atoms with Crippen molar-refractivity contribution in [2.24, 2.45) is 5.10 Å². The van der Waals surface area contributed by atoms with Gasteiger partial charge in [-0.2, -0.15) is 18.3 Å². The van der Waals surface area contributed by atoms with Gasteiger partial charge in [-0.3, -0.25) is 14.4 Å². The normalized spacial score (nSPS) is 10.9. The molecule has 0 fully saturated rings. The lowest BCUT2D eigenvalue weighted by Gasteiger charge is -2.12. The number of rotatable bonds is 11. The van der Waals surface area contributed by atoms with Crippen molar-refractivity contribution >= 4 is 35.3 Å². The number of methoxy groups -OCH3 is 1. The molecule has 3 aromatic carbocycles. The molecule has 0 saturated heterocycles. The molecule has 13 heteroatoms. The molecule has 0 atom stereocenters. The number of hydrogen-bond acceptors (Lipinski definition) is 7. The van der Waals surface area contributed by atoms with Crippen LogP contribution >= 0.6 is 0 Å². The van der Waals surface area contributed by atoms with E-state index in [-0.39, 0.29) is 17.2 Å². The van der Waals surface area contributed by atoms with Crippen molar-refractivity contribution in [3.8, 4) is 17.2 Å². The second-order valence-electron chi connectivity index (χ2n) is 8.10. The van der Waals surface area contributed by atoms with Crippen molar-refractivity contribution in [2.75, 3.05) is 31.0 Å². The van der Waals surface area contributed by atoms with Crippen LogP contribution in [0.3, 0.4) is 0 Å². The van der Waals surface area contributed by atoms with Gasteiger partial charge in [0.1, 0.15) is 12.4 Å². The summed E-state index contributed by atoms with van der Waals surface area (Å²) in [4.78, 5) is 36.3. The molecule has 10 nitrogen and oxygen atoms in total. The van der Waals surface area contributed by atoms with Gasteiger partial charge in [0.25, 0.3) is 5.91 Å². The van der Waals surface area contributed by atoms with Gasteiger partial charge < -0.3 is 24.8 Å². The average molecular weight is 571 g/mol. The van der Waals surface area contributed by atoms with Gasteiger partial charge in [-0.1, -0.05) is 18.7 Å². The third kappa shape index (κ3) is 9.42. The van der Waals surface area contributed by atoms with Gasteiger partial charge in [0.05, 0.1) is 18.9 Å². The fourth-order valence-corrected chi connectivity index (χ4v) is 3.19. The number of halogens is 3. The van der Waals surface area contributed by atoms with Crippen LogP contribution in [0.5, 0.6) is 17.2 Å². The Morgan fingerprint density at radius 2 is 1.66 bits per heavy atom. The summed E-state index contributed by atoms with van der Waals surface area (Å²) >= 11 is 0. The Hall–Kier alpha value is -5.33. The lowest BCUT2D eigenvalue weighted by atomic mass is 10.2. The van der Waals surface area contributed by atoms with Crippen LogP contribution in [0, 0.1) is 0 Å². The first-order chi connectivity index (χ1) is 19.6. The van der Waals surface area contributed by atoms with Gasteiger partial charge in [0.2, 0.25) is 0 Å². The van der Waals surface area contributed by atoms with Crippen LogP contribution < -0.4 is 30.3 Å². The molecule has 0 aliphatic carbocycles. The number of nitrogens with one attached hydrogen (secondary N) is 3. The molecule has 3 aromatic rings. The van der Waals surface area contributed by atoms with Gasteiger partial charge in [-0.25, -0.2) is 5.43 Å². The maximum atomic E-state index is 12.9. The first-order valence-electron chi connectivity index (χ1n) is 11.8. The molecule has 0 aliphatic heterocycles. The smallest absolute Gasteiger partial charge is 0.416 e. The van der Waals surface area contributed by atoms with E-state index in [0.717, 1.165) is 12.1 Å². The SMILES string of the molecule is C=CCOc1ccc(NC(=O)C(=O)N/N=C\c2ccc(OCC(=O)Nc3cccc(C(F)(F)F)c3)c(OC)c2)cc1. The highest BCUT2D eigenvalue weighted by molar-refractivity contribution is 6.39. The standard InChI is InChI=1S/C28H25F3N4O6/c1-3-13-40-22-10-8-20(9-11-22)34-26(37)27(38)35-32-16-18-7-12-23(24(14-18)39-2)41-17-25(36)33-21-6-4-5-19(15-21)28(29,30)31/h3-12,14-16H,1,13,17H2,2H3,(H,33,36)(H,34,37)(H,35,38)/b32-16-. The molecule has 214 valence electrons. The largest absolute Gasteiger partial charge is 0.493 e. The van der Waals surface area contributed by atoms with Gasteiger partial charge in [-0.05, 0) is 66.2 Å². The number of carbonyl (C=O) groups excluding carboxylic acids is 3. The third-order valence-corrected chi connectivity index (χ3v) is 5.09. The summed E-state index contributed by atoms with van der Waals surface area (Å²) in [5.74, 6) is -1.67. The zero-order valence-electron chi connectivity index (χ0n) is 21.7. The minimum atomic E-state index is -4.54. The molecule has 0 saturated carbocycles. The number of ether oxygens (including phenoxy) is 3. The van der Waals surface area contributed by atoms with Crippen LogP contribution in [0.1, 0.15) is 11.1 Å². The van der Waals surface area contributed by atoms with Crippen molar-refractivity contribution < 1.29 is 41.8 Å². The summed E-state index contributed by atoms with van der Waals surface area (Å²) in [6.45, 7) is 3.38. The van der Waals surface area contributed by atoms with E-state index in [9.17, 15) is 27.6 Å². The van der Waals surface area contributed by atoms with E-state index in [1.54, 1.807) is 30.3 Å². The maximum absolute atomic E-state index is 12.9. The zero-order valence-corrected chi connectivity index (χ0v) is 21.7. The first-order valence-corrected chi connectivity index (χ1v) is 11.8. The summed E-state index contributed by atoms with van der Waals surface area (Å²) < 4.78 is 54.6. The third-order valence-electron chi connectivity index (χ3n) is 5.09. The van der Waals surface area contributed by atoms with Crippen molar-refractivity contribution in [1.29, 1.82) is 0 Å². The molecule has 0 bridgehead atoms. The Balaban J connectivity index is 1.51. The van der Waals surface area contributed by atoms with Crippen molar-refractivity contribution in [3.05, 3.63) is 90.5 Å². The molecule has 0 unspecified atom stereocenters. The van der Waals surface area contributed by atoms with Crippen LogP contribution in [0.2, 0.25) is 0 Å². The molecule has 41 heavy (non-hydrogen) atoms. The summed E-state index contributed by atoms with van der Waals surface area (Å²) in [5.41, 5.74) is 2.01. The van der Waals surface area contributed by atoms with Crippen molar-refractivity contribution in [3.63, 3.8) is 0 Å². The first kappa shape index (κ1) is 30.2. The number of nitrogens with zero attached hydrogens (tertiary/aromatic N) is 1. The van der Waals surface area contributed by atoms with Crippen LogP contribution in [-0.2, 0) is 20.6 Å². The highest BCUT2D eigenvalue weighted by atomic mass is 19.4. The monoisotopic (exact) mass is 570 g/mol. The molecular formula is C28H25F3N4O6. The van der Waals surface area contributed by atoms with E-state index in [0.29, 0.717) is 23.6 Å². The number of hydrogen-bond donors (Lipinski definition) is 3. The van der Waals surface area contributed by atoms with E-state index >= 15 is 0 Å². The average Bonchev–Trinajstić information content (AvgIpc) is 2.95. The van der Waals surface area contributed by atoms with Crippen molar-refractivity contribution in [1.82, 2.24) is 5.43 Å². The highest BCUT2D eigenvalue weighted by Gasteiger charge is 2.30. The molecule has 0 radical (unpaired) electrons. The van der Waals surface area contributed by atoms with Crippen LogP contribution in [-0.4, -0.2) is 44.3 Å². The molecule has 0 aliphatic rings. The Kier molecular flexibility index (Phi) is 10.4. The Morgan fingerprint density at radius 1 is 0.902 bits per heavy atom. The topological polar surface area (TPSA) is 127 Å². The molecule has 0 heterocycles. The minimum Gasteiger partial charge on any atom is -0.493 e. The predicted octanol–water partition coefficient (Wildman–Crippen LogP) is 4.39. The van der Waals surface area contributed by atoms with Crippen molar-refractivity contribution in [2.45, 2.75) is 6.18 Å². The van der Waals surface area contributed by atoms with Gasteiger partial charge in [0, 0.05) is 11.4 Å². The number of anilines is 2. The Bertz CT molecular complexity index is 1430. The van der Waals surface area contributed by atoms with E-state index < -0.39 is 36.1 Å². The summed E-state index contributed by atoms with van der Waals surface area (Å²) in [7, 11) is 1.36. The molecular weight excluding hydrogens is 545 g/mol. The quantitative estimate of drug-likeness (QED) is 0.136. The molecule has 3 amide bonds. The van der Waals surface area contributed by atoms with E-state index in [1.165, 1.54) is 43.7 Å². The van der Waals surface area contributed by atoms with Crippen LogP contribution in [0.25, 0.3) is 0 Å². The van der Waals surface area contributed by atoms with E-state index in [2.05, 4.69) is 27.7 Å². The maximum Gasteiger partial charge on any atom is 0.416 e. The molecule has 0 spiro atoms. The Labute approximate surface area is 232 Å². The van der Waals surface area contributed by atoms with Crippen LogP contribution in [0.15, 0.2) is 84.5 Å². The highest BCUT2D eigenvalue weighted by Crippen LogP contribution is 2.31. The summed E-state index contributed by atoms with van der Waals surface area (Å²) in [5, 5.41) is 8.51. The number of hydrazone groups is 1. The van der Waals surface area contributed by atoms with Gasteiger partial charge in [-0.15, -0.1) is 0 Å². The number of benzene rings is 3. The Morgan fingerprint density at radius 3 is 2.34 bits per heavy atom. The molecule has 3 N–H and O–H groups in total. The second kappa shape index (κ2) is 14.2. The fraction of sp³-hybridized carbons (Fsp3) is 0.143. The van der Waals surface area contributed by atoms with Crippen LogP contribution in [0.4, 0.5) is 24.5 Å². The van der Waals surface area contributed by atoms with Gasteiger partial charge in [0.15, 0.2) is 18.1 Å². The van der Waals surface area contributed by atoms with E-state index in [4.69, 9.17) is 14.2 Å². The number of alkyl halides is 3. The predicted molar refractivity (Wildman–Crippen MR) is 145 cm³/mol. The number of amides is 3. The summed E-state index contributed by atoms with van der Waals surface area (Å²) in [6.07, 6.45) is -1.70. The fourth-order valence-electron chi connectivity index (χ4n) is 3.19. The molecule has 0 aromatic heterocycles. The molecule has 3 rings (SSSR count). The minimum absolute atomic E-state index is 0.0329. The second-order valence-corrected chi connectivity index (χ2v) is 8.10. The van der Waals surface area contributed by atoms with Gasteiger partial charge >= 0.3 is 18.0 Å².